The van der Waals surface area contributed by atoms with Crippen molar-refractivity contribution in [2.24, 2.45) is 0 Å². The number of rotatable bonds is 6. The van der Waals surface area contributed by atoms with E-state index in [-0.39, 0.29) is 48.9 Å². The van der Waals surface area contributed by atoms with Gasteiger partial charge < -0.3 is 9.64 Å². The van der Waals surface area contributed by atoms with E-state index in [4.69, 9.17) is 4.74 Å². The van der Waals surface area contributed by atoms with Crippen LogP contribution in [0.25, 0.3) is 0 Å². The molecule has 0 unspecified atom stereocenters. The summed E-state index contributed by atoms with van der Waals surface area (Å²) < 4.78 is 70.9. The van der Waals surface area contributed by atoms with Crippen molar-refractivity contribution in [2.75, 3.05) is 37.7 Å². The maximum Gasteiger partial charge on any atom is 0.416 e. The normalized spacial score (nSPS) is 15.3. The summed E-state index contributed by atoms with van der Waals surface area (Å²) >= 11 is 0. The van der Waals surface area contributed by atoms with Gasteiger partial charge in [0.05, 0.1) is 27.6 Å². The van der Waals surface area contributed by atoms with Crippen LogP contribution in [0.2, 0.25) is 0 Å². The predicted octanol–water partition coefficient (Wildman–Crippen LogP) is 3.30. The summed E-state index contributed by atoms with van der Waals surface area (Å²) in [5, 5.41) is 11.4. The predicted molar refractivity (Wildman–Crippen MR) is 111 cm³/mol. The highest BCUT2D eigenvalue weighted by atomic mass is 32.2. The van der Waals surface area contributed by atoms with Gasteiger partial charge in [-0.05, 0) is 37.3 Å². The molecule has 2 aromatic carbocycles. The van der Waals surface area contributed by atoms with Gasteiger partial charge >= 0.3 is 12.1 Å². The van der Waals surface area contributed by atoms with Crippen molar-refractivity contribution in [3.63, 3.8) is 0 Å². The molecule has 1 saturated heterocycles. The number of piperazine rings is 1. The van der Waals surface area contributed by atoms with Crippen molar-refractivity contribution < 1.29 is 36.0 Å². The Morgan fingerprint density at radius 2 is 1.79 bits per heavy atom. The van der Waals surface area contributed by atoms with Crippen molar-refractivity contribution in [1.29, 1.82) is 0 Å². The Morgan fingerprint density at radius 1 is 1.12 bits per heavy atom. The summed E-state index contributed by atoms with van der Waals surface area (Å²) in [4.78, 5) is 23.7. The summed E-state index contributed by atoms with van der Waals surface area (Å²) in [5.41, 5.74) is -1.78. The van der Waals surface area contributed by atoms with Gasteiger partial charge in [-0.2, -0.15) is 17.5 Å². The van der Waals surface area contributed by atoms with E-state index in [9.17, 15) is 36.5 Å². The van der Waals surface area contributed by atoms with Crippen LogP contribution < -0.4 is 4.90 Å². The minimum atomic E-state index is -4.73. The number of hydrogen-bond donors (Lipinski definition) is 0. The van der Waals surface area contributed by atoms with Gasteiger partial charge in [0.1, 0.15) is 5.69 Å². The highest BCUT2D eigenvalue weighted by molar-refractivity contribution is 7.89. The van der Waals surface area contributed by atoms with Gasteiger partial charge in [-0.3, -0.25) is 10.1 Å². The first-order valence-corrected chi connectivity index (χ1v) is 11.3. The number of alkyl halides is 3. The zero-order chi connectivity index (χ0) is 24.4. The minimum absolute atomic E-state index is 0.0191. The number of carbonyl (C=O) groups excluding carboxylic acids is 1. The molecule has 3 rings (SSSR count). The quantitative estimate of drug-likeness (QED) is 0.349. The Labute approximate surface area is 187 Å². The first-order valence-electron chi connectivity index (χ1n) is 9.83. The number of anilines is 1. The van der Waals surface area contributed by atoms with E-state index in [0.717, 1.165) is 16.4 Å². The number of nitro groups is 1. The van der Waals surface area contributed by atoms with E-state index in [2.05, 4.69) is 0 Å². The number of benzene rings is 2. The molecule has 9 nitrogen and oxygen atoms in total. The minimum Gasteiger partial charge on any atom is -0.462 e. The van der Waals surface area contributed by atoms with Crippen molar-refractivity contribution in [2.45, 2.75) is 18.0 Å². The van der Waals surface area contributed by atoms with E-state index < -0.39 is 38.3 Å². The van der Waals surface area contributed by atoms with Crippen molar-refractivity contribution >= 4 is 27.4 Å². The SMILES string of the molecule is CCOC(=O)c1cccc(S(=O)(=O)N2CCN(c3ccc(C(F)(F)F)cc3[N+](=O)[O-])CC2)c1. The van der Waals surface area contributed by atoms with E-state index in [1.807, 2.05) is 0 Å². The topological polar surface area (TPSA) is 110 Å². The Hall–Kier alpha value is -3.19. The lowest BCUT2D eigenvalue weighted by molar-refractivity contribution is -0.384. The van der Waals surface area contributed by atoms with E-state index in [0.29, 0.717) is 6.07 Å². The monoisotopic (exact) mass is 487 g/mol. The van der Waals surface area contributed by atoms with Crippen LogP contribution in [0.4, 0.5) is 24.5 Å². The zero-order valence-corrected chi connectivity index (χ0v) is 18.2. The molecular formula is C20H20F3N3O6S. The second-order valence-corrected chi connectivity index (χ2v) is 9.04. The van der Waals surface area contributed by atoms with Crippen LogP contribution >= 0.6 is 0 Å². The highest BCUT2D eigenvalue weighted by Gasteiger charge is 2.35. The molecule has 0 aliphatic carbocycles. The molecule has 0 radical (unpaired) electrons. The van der Waals surface area contributed by atoms with Crippen molar-refractivity contribution in [3.8, 4) is 0 Å². The molecular weight excluding hydrogens is 467 g/mol. The van der Waals surface area contributed by atoms with Gasteiger partial charge in [-0.1, -0.05) is 6.07 Å². The first kappa shape index (κ1) is 24.5. The number of hydrogen-bond acceptors (Lipinski definition) is 7. The molecule has 1 fully saturated rings. The largest absolute Gasteiger partial charge is 0.462 e. The molecule has 0 bridgehead atoms. The van der Waals surface area contributed by atoms with Gasteiger partial charge in [0, 0.05) is 32.2 Å². The highest BCUT2D eigenvalue weighted by Crippen LogP contribution is 2.37. The standard InChI is InChI=1S/C20H20F3N3O6S/c1-2-32-19(27)14-4-3-5-16(12-14)33(30,31)25-10-8-24(9-11-25)17-7-6-15(20(21,22)23)13-18(17)26(28)29/h3-7,12-13H,2,8-11H2,1H3. The molecule has 178 valence electrons. The number of sulfonamides is 1. The third-order valence-corrected chi connectivity index (χ3v) is 6.96. The van der Waals surface area contributed by atoms with Crippen LogP contribution in [0, 0.1) is 10.1 Å². The molecule has 33 heavy (non-hydrogen) atoms. The van der Waals surface area contributed by atoms with Crippen LogP contribution in [0.3, 0.4) is 0 Å². The van der Waals surface area contributed by atoms with E-state index >= 15 is 0 Å². The number of esters is 1. The van der Waals surface area contributed by atoms with E-state index in [1.54, 1.807) is 6.92 Å². The maximum absolute atomic E-state index is 13.0. The van der Waals surface area contributed by atoms with E-state index in [1.165, 1.54) is 29.2 Å². The molecule has 0 saturated carbocycles. The summed E-state index contributed by atoms with van der Waals surface area (Å²) in [6.45, 7) is 1.72. The fourth-order valence-corrected chi connectivity index (χ4v) is 4.90. The molecule has 0 aromatic heterocycles. The van der Waals surface area contributed by atoms with Crippen LogP contribution in [-0.2, 0) is 20.9 Å². The number of halogens is 3. The first-order chi connectivity index (χ1) is 15.4. The molecule has 13 heteroatoms. The molecule has 0 spiro atoms. The number of nitrogens with zero attached hydrogens (tertiary/aromatic N) is 3. The number of ether oxygens (including phenoxy) is 1. The smallest absolute Gasteiger partial charge is 0.416 e. The lowest BCUT2D eigenvalue weighted by atomic mass is 10.1. The molecule has 1 heterocycles. The number of carbonyl (C=O) groups is 1. The lowest BCUT2D eigenvalue weighted by Crippen LogP contribution is -2.48. The van der Waals surface area contributed by atoms with Crippen LogP contribution in [0.1, 0.15) is 22.8 Å². The molecule has 2 aromatic rings. The summed E-state index contributed by atoms with van der Waals surface area (Å²) in [6.07, 6.45) is -4.73. The third-order valence-electron chi connectivity index (χ3n) is 5.06. The third kappa shape index (κ3) is 5.25. The average molecular weight is 487 g/mol. The van der Waals surface area contributed by atoms with Gasteiger partial charge in [-0.15, -0.1) is 0 Å². The lowest BCUT2D eigenvalue weighted by Gasteiger charge is -2.35. The molecule has 0 atom stereocenters. The van der Waals surface area contributed by atoms with Crippen molar-refractivity contribution in [1.82, 2.24) is 4.31 Å². The van der Waals surface area contributed by atoms with Gasteiger partial charge in [-0.25, -0.2) is 13.2 Å². The fraction of sp³-hybridized carbons (Fsp3) is 0.350. The summed E-state index contributed by atoms with van der Waals surface area (Å²) in [6, 6.07) is 7.64. The molecule has 1 aliphatic rings. The maximum atomic E-state index is 13.0. The summed E-state index contributed by atoms with van der Waals surface area (Å²) in [5.74, 6) is -0.658. The Bertz CT molecular complexity index is 1160. The average Bonchev–Trinajstić information content (AvgIpc) is 2.78. The Kier molecular flexibility index (Phi) is 6.93. The molecule has 0 amide bonds. The Balaban J connectivity index is 1.79. The zero-order valence-electron chi connectivity index (χ0n) is 17.4. The second kappa shape index (κ2) is 9.35. The fourth-order valence-electron chi connectivity index (χ4n) is 3.43. The van der Waals surface area contributed by atoms with Gasteiger partial charge in [0.25, 0.3) is 5.69 Å². The number of nitro benzene ring substituents is 1. The summed E-state index contributed by atoms with van der Waals surface area (Å²) in [7, 11) is -3.97. The second-order valence-electron chi connectivity index (χ2n) is 7.10. The molecule has 1 aliphatic heterocycles. The van der Waals surface area contributed by atoms with Gasteiger partial charge in [0.2, 0.25) is 10.0 Å². The van der Waals surface area contributed by atoms with Crippen LogP contribution in [-0.4, -0.2) is 56.4 Å². The van der Waals surface area contributed by atoms with Crippen LogP contribution in [0.5, 0.6) is 0 Å². The van der Waals surface area contributed by atoms with Crippen molar-refractivity contribution in [3.05, 3.63) is 63.7 Å². The van der Waals surface area contributed by atoms with Gasteiger partial charge in [0.15, 0.2) is 0 Å². The van der Waals surface area contributed by atoms with Crippen LogP contribution in [0.15, 0.2) is 47.4 Å². The molecule has 0 N–H and O–H groups in total. The Morgan fingerprint density at radius 3 is 2.36 bits per heavy atom.